The fourth-order valence-electron chi connectivity index (χ4n) is 2.44. The van der Waals surface area contributed by atoms with Crippen molar-refractivity contribution in [2.45, 2.75) is 0 Å². The molecule has 1 aromatic carbocycles. The average molecular weight is 355 g/mol. The predicted molar refractivity (Wildman–Crippen MR) is 93.3 cm³/mol. The number of aryl methyl sites for hydroxylation is 1. The quantitative estimate of drug-likeness (QED) is 0.546. The first-order valence-electron chi connectivity index (χ1n) is 7.42. The number of anilines is 1. The smallest absolute Gasteiger partial charge is 0.321 e. The van der Waals surface area contributed by atoms with E-state index in [0.717, 1.165) is 4.57 Å². The summed E-state index contributed by atoms with van der Waals surface area (Å²) in [6.07, 6.45) is 0. The number of fused-ring (bicyclic) bond motifs is 1. The van der Waals surface area contributed by atoms with Crippen LogP contribution >= 0.6 is 0 Å². The van der Waals surface area contributed by atoms with Gasteiger partial charge in [0.05, 0.1) is 10.3 Å². The third-order valence-corrected chi connectivity index (χ3v) is 3.87. The van der Waals surface area contributed by atoms with Crippen LogP contribution in [0.4, 0.5) is 11.4 Å². The van der Waals surface area contributed by atoms with Crippen LogP contribution in [0.3, 0.4) is 0 Å². The van der Waals surface area contributed by atoms with E-state index >= 15 is 0 Å². The molecule has 0 saturated heterocycles. The number of non-ortho nitro benzene ring substituents is 1. The van der Waals surface area contributed by atoms with Crippen molar-refractivity contribution in [2.24, 2.45) is 14.1 Å². The molecule has 10 nitrogen and oxygen atoms in total. The molecule has 0 saturated carbocycles. The Morgan fingerprint density at radius 1 is 1.08 bits per heavy atom. The second kappa shape index (κ2) is 6.24. The largest absolute Gasteiger partial charge is 0.332 e. The van der Waals surface area contributed by atoms with Crippen molar-refractivity contribution in [3.63, 3.8) is 0 Å². The molecular formula is C16H13N5O5. The Balaban J connectivity index is 1.97. The number of nitro groups is 1. The lowest BCUT2D eigenvalue weighted by atomic mass is 10.2. The van der Waals surface area contributed by atoms with Gasteiger partial charge in [0.25, 0.3) is 17.2 Å². The molecular weight excluding hydrogens is 342 g/mol. The molecule has 0 unspecified atom stereocenters. The van der Waals surface area contributed by atoms with Gasteiger partial charge in [-0.15, -0.1) is 0 Å². The summed E-state index contributed by atoms with van der Waals surface area (Å²) in [6.45, 7) is 0. The van der Waals surface area contributed by atoms with Crippen molar-refractivity contribution in [2.75, 3.05) is 5.32 Å². The minimum absolute atomic E-state index is 0.000828. The van der Waals surface area contributed by atoms with E-state index in [4.69, 9.17) is 0 Å². The van der Waals surface area contributed by atoms with Crippen LogP contribution in [0.2, 0.25) is 0 Å². The molecule has 0 aliphatic rings. The standard InChI is InChI=1S/C16H13N5O5/c1-19-13-11(15(23)20(2)16(19)24)7-8-12(18-13)14(22)17-9-3-5-10(6-4-9)21(25)26/h3-8H,1-2H3,(H,17,22). The third kappa shape index (κ3) is 2.83. The molecule has 26 heavy (non-hydrogen) atoms. The van der Waals surface area contributed by atoms with Crippen LogP contribution in [0, 0.1) is 10.1 Å². The Hall–Kier alpha value is -3.82. The second-order valence-corrected chi connectivity index (χ2v) is 5.53. The fraction of sp³-hybridized carbons (Fsp3) is 0.125. The first kappa shape index (κ1) is 17.0. The zero-order chi connectivity index (χ0) is 19.0. The van der Waals surface area contributed by atoms with Gasteiger partial charge in [-0.2, -0.15) is 0 Å². The van der Waals surface area contributed by atoms with Gasteiger partial charge in [-0.05, 0) is 24.3 Å². The number of pyridine rings is 1. The molecule has 0 bridgehead atoms. The molecule has 2 heterocycles. The highest BCUT2D eigenvalue weighted by atomic mass is 16.6. The number of rotatable bonds is 3. The summed E-state index contributed by atoms with van der Waals surface area (Å²) in [4.78, 5) is 50.7. The van der Waals surface area contributed by atoms with Gasteiger partial charge >= 0.3 is 5.69 Å². The van der Waals surface area contributed by atoms with Crippen molar-refractivity contribution in [1.82, 2.24) is 14.1 Å². The van der Waals surface area contributed by atoms with E-state index in [1.54, 1.807) is 0 Å². The Bertz CT molecular complexity index is 1160. The molecule has 3 aromatic rings. The summed E-state index contributed by atoms with van der Waals surface area (Å²) in [5.74, 6) is -0.575. The Kier molecular flexibility index (Phi) is 4.08. The first-order valence-corrected chi connectivity index (χ1v) is 7.42. The van der Waals surface area contributed by atoms with Gasteiger partial charge in [-0.1, -0.05) is 0 Å². The van der Waals surface area contributed by atoms with Crippen LogP contribution in [0.5, 0.6) is 0 Å². The van der Waals surface area contributed by atoms with E-state index < -0.39 is 22.1 Å². The van der Waals surface area contributed by atoms with Crippen LogP contribution in [-0.2, 0) is 14.1 Å². The number of aromatic nitrogens is 3. The van der Waals surface area contributed by atoms with E-state index in [1.165, 1.54) is 55.1 Å². The molecule has 0 aliphatic carbocycles. The van der Waals surface area contributed by atoms with E-state index in [9.17, 15) is 24.5 Å². The highest BCUT2D eigenvalue weighted by Gasteiger charge is 2.14. The fourth-order valence-corrected chi connectivity index (χ4v) is 2.44. The second-order valence-electron chi connectivity index (χ2n) is 5.53. The van der Waals surface area contributed by atoms with Gasteiger partial charge in [0.1, 0.15) is 11.3 Å². The van der Waals surface area contributed by atoms with Crippen LogP contribution in [0.1, 0.15) is 10.5 Å². The molecule has 3 rings (SSSR count). The van der Waals surface area contributed by atoms with E-state index in [0.29, 0.717) is 5.69 Å². The molecule has 0 radical (unpaired) electrons. The van der Waals surface area contributed by atoms with Crippen molar-refractivity contribution < 1.29 is 9.72 Å². The number of amides is 1. The van der Waals surface area contributed by atoms with Crippen LogP contribution < -0.4 is 16.6 Å². The molecule has 132 valence electrons. The van der Waals surface area contributed by atoms with Gasteiger partial charge in [-0.3, -0.25) is 28.8 Å². The van der Waals surface area contributed by atoms with Crippen LogP contribution in [0.25, 0.3) is 11.0 Å². The zero-order valence-electron chi connectivity index (χ0n) is 13.8. The lowest BCUT2D eigenvalue weighted by molar-refractivity contribution is -0.384. The number of nitrogens with zero attached hydrogens (tertiary/aromatic N) is 4. The molecule has 10 heteroatoms. The van der Waals surface area contributed by atoms with Gasteiger partial charge in [0, 0.05) is 31.9 Å². The van der Waals surface area contributed by atoms with Gasteiger partial charge in [0.2, 0.25) is 0 Å². The predicted octanol–water partition coefficient (Wildman–Crippen LogP) is 0.793. The van der Waals surface area contributed by atoms with Gasteiger partial charge in [0.15, 0.2) is 0 Å². The Labute approximate surface area is 145 Å². The summed E-state index contributed by atoms with van der Waals surface area (Å²) in [7, 11) is 2.81. The van der Waals surface area contributed by atoms with Crippen LogP contribution in [0.15, 0.2) is 46.0 Å². The number of nitro benzene ring substituents is 1. The number of carbonyl (C=O) groups is 1. The van der Waals surface area contributed by atoms with Crippen molar-refractivity contribution in [3.05, 3.63) is 73.0 Å². The number of benzene rings is 1. The highest BCUT2D eigenvalue weighted by molar-refractivity contribution is 6.03. The summed E-state index contributed by atoms with van der Waals surface area (Å²) < 4.78 is 2.14. The molecule has 2 aromatic heterocycles. The maximum absolute atomic E-state index is 12.3. The van der Waals surface area contributed by atoms with Crippen molar-refractivity contribution in [1.29, 1.82) is 0 Å². The number of carbonyl (C=O) groups excluding carboxylic acids is 1. The lowest BCUT2D eigenvalue weighted by Crippen LogP contribution is -2.37. The monoisotopic (exact) mass is 355 g/mol. The van der Waals surface area contributed by atoms with Crippen molar-refractivity contribution in [3.8, 4) is 0 Å². The van der Waals surface area contributed by atoms with Gasteiger partial charge < -0.3 is 5.32 Å². The molecule has 1 N–H and O–H groups in total. The Morgan fingerprint density at radius 3 is 2.35 bits per heavy atom. The summed E-state index contributed by atoms with van der Waals surface area (Å²) in [5, 5.41) is 13.4. The lowest BCUT2D eigenvalue weighted by Gasteiger charge is -2.09. The number of nitrogens with one attached hydrogen (secondary N) is 1. The van der Waals surface area contributed by atoms with E-state index in [2.05, 4.69) is 10.3 Å². The van der Waals surface area contributed by atoms with E-state index in [1.807, 2.05) is 0 Å². The topological polar surface area (TPSA) is 129 Å². The number of hydrogen-bond donors (Lipinski definition) is 1. The minimum atomic E-state index is -0.575. The SMILES string of the molecule is Cn1c(=O)c2ccc(C(=O)Nc3ccc([N+](=O)[O-])cc3)nc2n(C)c1=O. The van der Waals surface area contributed by atoms with Gasteiger partial charge in [-0.25, -0.2) is 9.78 Å². The third-order valence-electron chi connectivity index (χ3n) is 3.87. The summed E-state index contributed by atoms with van der Waals surface area (Å²) in [5.41, 5.74) is -0.715. The normalized spacial score (nSPS) is 10.7. The molecule has 0 aliphatic heterocycles. The van der Waals surface area contributed by atoms with Crippen molar-refractivity contribution >= 4 is 28.3 Å². The number of hydrogen-bond acceptors (Lipinski definition) is 6. The molecule has 0 atom stereocenters. The zero-order valence-corrected chi connectivity index (χ0v) is 13.8. The maximum Gasteiger partial charge on any atom is 0.332 e. The molecule has 1 amide bonds. The minimum Gasteiger partial charge on any atom is -0.321 e. The summed E-state index contributed by atoms with van der Waals surface area (Å²) >= 11 is 0. The first-order chi connectivity index (χ1) is 12.3. The van der Waals surface area contributed by atoms with Crippen LogP contribution in [-0.4, -0.2) is 24.9 Å². The summed E-state index contributed by atoms with van der Waals surface area (Å²) in [6, 6.07) is 8.10. The average Bonchev–Trinajstić information content (AvgIpc) is 2.64. The molecule has 0 spiro atoms. The maximum atomic E-state index is 12.3. The highest BCUT2D eigenvalue weighted by Crippen LogP contribution is 2.16. The Morgan fingerprint density at radius 2 is 1.73 bits per heavy atom. The molecule has 0 fully saturated rings. The van der Waals surface area contributed by atoms with E-state index in [-0.39, 0.29) is 22.4 Å².